The Morgan fingerprint density at radius 3 is 2.59 bits per heavy atom. The first-order valence-electron chi connectivity index (χ1n) is 5.31. The number of hydrogen-bond donors (Lipinski definition) is 1. The Labute approximate surface area is 105 Å². The molecule has 0 unspecified atom stereocenters. The molecule has 0 radical (unpaired) electrons. The first-order chi connectivity index (χ1) is 8.29. The van der Waals surface area contributed by atoms with Crippen molar-refractivity contribution in [2.45, 2.75) is 13.2 Å². The molecule has 0 aliphatic carbocycles. The van der Waals surface area contributed by atoms with E-state index in [9.17, 15) is 0 Å². The Hall–Kier alpha value is -1.58. The van der Waals surface area contributed by atoms with Crippen molar-refractivity contribution in [3.63, 3.8) is 0 Å². The van der Waals surface area contributed by atoms with Gasteiger partial charge in [-0.25, -0.2) is 4.98 Å². The minimum absolute atomic E-state index is 0.411. The van der Waals surface area contributed by atoms with E-state index in [0.29, 0.717) is 18.3 Å². The van der Waals surface area contributed by atoms with Crippen molar-refractivity contribution in [3.05, 3.63) is 58.9 Å². The number of nitrogens with zero attached hydrogens (tertiary/aromatic N) is 1. The summed E-state index contributed by atoms with van der Waals surface area (Å²) in [5, 5.41) is 0.478. The van der Waals surface area contributed by atoms with Crippen molar-refractivity contribution in [2.24, 2.45) is 5.73 Å². The first kappa shape index (κ1) is 11.9. The highest BCUT2D eigenvalue weighted by atomic mass is 35.5. The van der Waals surface area contributed by atoms with Crippen LogP contribution in [0.1, 0.15) is 11.1 Å². The van der Waals surface area contributed by atoms with Gasteiger partial charge in [-0.05, 0) is 23.8 Å². The Balaban J connectivity index is 2.00. The maximum atomic E-state index is 5.93. The average molecular weight is 249 g/mol. The van der Waals surface area contributed by atoms with E-state index >= 15 is 0 Å². The highest BCUT2D eigenvalue weighted by Gasteiger charge is 2.01. The lowest BCUT2D eigenvalue weighted by molar-refractivity contribution is 0.306. The van der Waals surface area contributed by atoms with Crippen LogP contribution in [0.5, 0.6) is 5.75 Å². The standard InChI is InChI=1S/C13H13ClN2O/c14-13-11(2-1-7-16-13)9-17-12-5-3-10(8-15)4-6-12/h1-7H,8-9,15H2. The van der Waals surface area contributed by atoms with Crippen molar-refractivity contribution in [1.29, 1.82) is 0 Å². The third-order valence-corrected chi connectivity index (χ3v) is 2.73. The number of pyridine rings is 1. The molecule has 2 aromatic rings. The molecular weight excluding hydrogens is 236 g/mol. The zero-order chi connectivity index (χ0) is 12.1. The fourth-order valence-electron chi connectivity index (χ4n) is 1.41. The molecule has 2 N–H and O–H groups in total. The van der Waals surface area contributed by atoms with Crippen molar-refractivity contribution in [2.75, 3.05) is 0 Å². The van der Waals surface area contributed by atoms with Gasteiger partial charge in [-0.1, -0.05) is 29.8 Å². The molecule has 0 spiro atoms. The molecule has 0 saturated carbocycles. The fourth-order valence-corrected chi connectivity index (χ4v) is 1.58. The number of aromatic nitrogens is 1. The van der Waals surface area contributed by atoms with Crippen molar-refractivity contribution < 1.29 is 4.74 Å². The third kappa shape index (κ3) is 3.19. The second kappa shape index (κ2) is 5.66. The lowest BCUT2D eigenvalue weighted by Gasteiger charge is -2.07. The van der Waals surface area contributed by atoms with Gasteiger partial charge in [-0.3, -0.25) is 0 Å². The minimum Gasteiger partial charge on any atom is -0.489 e. The van der Waals surface area contributed by atoms with E-state index in [2.05, 4.69) is 4.98 Å². The number of hydrogen-bond acceptors (Lipinski definition) is 3. The molecule has 0 aliphatic rings. The van der Waals surface area contributed by atoms with Gasteiger partial charge in [-0.2, -0.15) is 0 Å². The normalized spacial score (nSPS) is 10.2. The van der Waals surface area contributed by atoms with E-state index < -0.39 is 0 Å². The van der Waals surface area contributed by atoms with Crippen LogP contribution in [0, 0.1) is 0 Å². The van der Waals surface area contributed by atoms with Gasteiger partial charge >= 0.3 is 0 Å². The highest BCUT2D eigenvalue weighted by Crippen LogP contribution is 2.17. The highest BCUT2D eigenvalue weighted by molar-refractivity contribution is 6.30. The van der Waals surface area contributed by atoms with Crippen LogP contribution < -0.4 is 10.5 Å². The second-order valence-corrected chi connectivity index (χ2v) is 3.95. The molecule has 3 nitrogen and oxygen atoms in total. The van der Waals surface area contributed by atoms with Crippen LogP contribution in [-0.4, -0.2) is 4.98 Å². The minimum atomic E-state index is 0.411. The summed E-state index contributed by atoms with van der Waals surface area (Å²) in [6, 6.07) is 11.4. The summed E-state index contributed by atoms with van der Waals surface area (Å²) in [6.45, 7) is 0.948. The van der Waals surface area contributed by atoms with E-state index in [0.717, 1.165) is 16.9 Å². The van der Waals surface area contributed by atoms with Gasteiger partial charge in [0.1, 0.15) is 17.5 Å². The van der Waals surface area contributed by atoms with Crippen molar-refractivity contribution >= 4 is 11.6 Å². The van der Waals surface area contributed by atoms with Gasteiger partial charge in [0.05, 0.1) is 0 Å². The predicted molar refractivity (Wildman–Crippen MR) is 67.9 cm³/mol. The molecular formula is C13H13ClN2O. The largest absolute Gasteiger partial charge is 0.489 e. The van der Waals surface area contributed by atoms with Crippen molar-refractivity contribution in [3.8, 4) is 5.75 Å². The number of nitrogens with two attached hydrogens (primary N) is 1. The van der Waals surface area contributed by atoms with E-state index in [1.165, 1.54) is 0 Å². The number of ether oxygens (including phenoxy) is 1. The summed E-state index contributed by atoms with van der Waals surface area (Å²) in [5.74, 6) is 0.794. The average Bonchev–Trinajstić information content (AvgIpc) is 2.38. The van der Waals surface area contributed by atoms with E-state index in [4.69, 9.17) is 22.1 Å². The molecule has 4 heteroatoms. The smallest absolute Gasteiger partial charge is 0.135 e. The van der Waals surface area contributed by atoms with Crippen LogP contribution in [0.4, 0.5) is 0 Å². The third-order valence-electron chi connectivity index (χ3n) is 2.39. The van der Waals surface area contributed by atoms with Crippen LogP contribution >= 0.6 is 11.6 Å². The van der Waals surface area contributed by atoms with Gasteiger partial charge in [-0.15, -0.1) is 0 Å². The molecule has 0 fully saturated rings. The van der Waals surface area contributed by atoms with Crippen LogP contribution in [0.3, 0.4) is 0 Å². The molecule has 2 rings (SSSR count). The Morgan fingerprint density at radius 1 is 1.18 bits per heavy atom. The fraction of sp³-hybridized carbons (Fsp3) is 0.154. The zero-order valence-electron chi connectivity index (χ0n) is 9.27. The van der Waals surface area contributed by atoms with E-state index in [1.54, 1.807) is 6.20 Å². The predicted octanol–water partition coefficient (Wildman–Crippen LogP) is 2.77. The van der Waals surface area contributed by atoms with Gasteiger partial charge in [0, 0.05) is 18.3 Å². The van der Waals surface area contributed by atoms with Gasteiger partial charge < -0.3 is 10.5 Å². The molecule has 0 atom stereocenters. The molecule has 88 valence electrons. The maximum absolute atomic E-state index is 5.93. The zero-order valence-corrected chi connectivity index (χ0v) is 10.0. The van der Waals surface area contributed by atoms with Crippen LogP contribution in [0.25, 0.3) is 0 Å². The number of rotatable bonds is 4. The number of benzene rings is 1. The van der Waals surface area contributed by atoms with E-state index in [1.807, 2.05) is 36.4 Å². The SMILES string of the molecule is NCc1ccc(OCc2cccnc2Cl)cc1. The topological polar surface area (TPSA) is 48.1 Å². The lowest BCUT2D eigenvalue weighted by atomic mass is 10.2. The van der Waals surface area contributed by atoms with Gasteiger partial charge in [0.15, 0.2) is 0 Å². The van der Waals surface area contributed by atoms with Crippen LogP contribution in [-0.2, 0) is 13.2 Å². The molecule has 17 heavy (non-hydrogen) atoms. The summed E-state index contributed by atoms with van der Waals surface area (Å²) in [6.07, 6.45) is 1.65. The first-order valence-corrected chi connectivity index (χ1v) is 5.68. The molecule has 0 amide bonds. The monoisotopic (exact) mass is 248 g/mol. The van der Waals surface area contributed by atoms with Crippen LogP contribution in [0.2, 0.25) is 5.15 Å². The van der Waals surface area contributed by atoms with Crippen LogP contribution in [0.15, 0.2) is 42.6 Å². The summed E-state index contributed by atoms with van der Waals surface area (Å²) >= 11 is 5.93. The molecule has 1 aromatic carbocycles. The van der Waals surface area contributed by atoms with Gasteiger partial charge in [0.25, 0.3) is 0 Å². The summed E-state index contributed by atoms with van der Waals surface area (Å²) in [5.41, 5.74) is 7.47. The molecule has 0 saturated heterocycles. The summed E-state index contributed by atoms with van der Waals surface area (Å²) in [7, 11) is 0. The Kier molecular flexibility index (Phi) is 3.96. The number of halogens is 1. The van der Waals surface area contributed by atoms with Gasteiger partial charge in [0.2, 0.25) is 0 Å². The molecule has 1 heterocycles. The summed E-state index contributed by atoms with van der Waals surface area (Å²) < 4.78 is 5.61. The van der Waals surface area contributed by atoms with E-state index in [-0.39, 0.29) is 0 Å². The quantitative estimate of drug-likeness (QED) is 0.847. The Bertz CT molecular complexity index is 485. The molecule has 0 aliphatic heterocycles. The van der Waals surface area contributed by atoms with Crippen molar-refractivity contribution in [1.82, 2.24) is 4.98 Å². The Morgan fingerprint density at radius 2 is 1.94 bits per heavy atom. The lowest BCUT2D eigenvalue weighted by Crippen LogP contribution is -1.98. The molecule has 1 aromatic heterocycles. The maximum Gasteiger partial charge on any atom is 0.135 e. The second-order valence-electron chi connectivity index (χ2n) is 3.59. The summed E-state index contributed by atoms with van der Waals surface area (Å²) in [4.78, 5) is 3.99. The molecule has 0 bridgehead atoms.